The summed E-state index contributed by atoms with van der Waals surface area (Å²) in [4.78, 5) is 15.9. The number of carbonyl (C=O) groups is 1. The Hall–Kier alpha value is -3.23. The van der Waals surface area contributed by atoms with Gasteiger partial charge in [0.2, 0.25) is 5.78 Å². The molecule has 1 heterocycles. The normalized spacial score (nSPS) is 11.2. The maximum Gasteiger partial charge on any atom is 0.205 e. The Morgan fingerprint density at radius 3 is 2.73 bits per heavy atom. The van der Waals surface area contributed by atoms with Crippen LogP contribution in [0.4, 0.5) is 0 Å². The number of H-pyrrole nitrogens is 1. The van der Waals surface area contributed by atoms with Crippen LogP contribution in [0, 0.1) is 11.3 Å². The van der Waals surface area contributed by atoms with Crippen LogP contribution in [0.15, 0.2) is 48.2 Å². The molecule has 0 amide bonds. The van der Waals surface area contributed by atoms with E-state index in [-0.39, 0.29) is 11.4 Å². The van der Waals surface area contributed by atoms with E-state index in [1.54, 1.807) is 42.6 Å². The molecule has 6 heteroatoms. The third-order valence-electron chi connectivity index (χ3n) is 3.99. The standard InChI is InChI=1S/C20H15ClN2O3/c1-25-18-5-3-4-12(20(18)26-2)8-13(10-22)19(24)16-11-23-17-9-14(21)6-7-15(16)17/h3-9,11,23H,1-2H3/b13-8+. The van der Waals surface area contributed by atoms with Gasteiger partial charge in [-0.1, -0.05) is 29.8 Å². The minimum Gasteiger partial charge on any atom is -0.493 e. The number of halogens is 1. The molecule has 0 unspecified atom stereocenters. The zero-order valence-electron chi connectivity index (χ0n) is 14.2. The van der Waals surface area contributed by atoms with Crippen molar-refractivity contribution >= 4 is 34.4 Å². The first kappa shape index (κ1) is 17.6. The van der Waals surface area contributed by atoms with Crippen molar-refractivity contribution in [2.75, 3.05) is 14.2 Å². The second kappa shape index (κ2) is 7.34. The number of para-hydroxylation sites is 1. The maximum atomic E-state index is 12.9. The van der Waals surface area contributed by atoms with Crippen LogP contribution in [-0.4, -0.2) is 25.0 Å². The van der Waals surface area contributed by atoms with Gasteiger partial charge in [0.15, 0.2) is 11.5 Å². The number of aromatic nitrogens is 1. The largest absolute Gasteiger partial charge is 0.493 e. The summed E-state index contributed by atoms with van der Waals surface area (Å²) in [6, 6.07) is 12.4. The van der Waals surface area contributed by atoms with Crippen LogP contribution in [0.3, 0.4) is 0 Å². The lowest BCUT2D eigenvalue weighted by Gasteiger charge is -2.10. The lowest BCUT2D eigenvalue weighted by molar-refractivity contribution is 0.104. The van der Waals surface area contributed by atoms with Gasteiger partial charge in [-0.3, -0.25) is 4.79 Å². The van der Waals surface area contributed by atoms with Crippen molar-refractivity contribution in [1.82, 2.24) is 4.98 Å². The highest BCUT2D eigenvalue weighted by molar-refractivity contribution is 6.31. The highest BCUT2D eigenvalue weighted by Gasteiger charge is 2.18. The molecule has 0 fully saturated rings. The number of nitrogens with zero attached hydrogens (tertiary/aromatic N) is 1. The van der Waals surface area contributed by atoms with Gasteiger partial charge in [-0.2, -0.15) is 5.26 Å². The fourth-order valence-electron chi connectivity index (χ4n) is 2.76. The number of hydrogen-bond acceptors (Lipinski definition) is 4. The minimum absolute atomic E-state index is 0.00703. The van der Waals surface area contributed by atoms with E-state index < -0.39 is 0 Å². The Labute approximate surface area is 155 Å². The Balaban J connectivity index is 2.07. The summed E-state index contributed by atoms with van der Waals surface area (Å²) in [5, 5.41) is 10.8. The summed E-state index contributed by atoms with van der Waals surface area (Å²) in [6.45, 7) is 0. The number of nitrogens with one attached hydrogen (secondary N) is 1. The average Bonchev–Trinajstić information content (AvgIpc) is 3.07. The van der Waals surface area contributed by atoms with E-state index in [2.05, 4.69) is 4.98 Å². The van der Waals surface area contributed by atoms with Crippen LogP contribution >= 0.6 is 11.6 Å². The quantitative estimate of drug-likeness (QED) is 0.406. The second-order valence-electron chi connectivity index (χ2n) is 5.47. The molecule has 0 bridgehead atoms. The molecule has 0 aliphatic rings. The van der Waals surface area contributed by atoms with Crippen molar-refractivity contribution in [2.24, 2.45) is 0 Å². The zero-order valence-corrected chi connectivity index (χ0v) is 14.9. The van der Waals surface area contributed by atoms with Crippen LogP contribution in [0.25, 0.3) is 17.0 Å². The lowest BCUT2D eigenvalue weighted by atomic mass is 10.0. The van der Waals surface area contributed by atoms with Gasteiger partial charge in [0.05, 0.1) is 14.2 Å². The molecule has 0 aliphatic heterocycles. The van der Waals surface area contributed by atoms with Crippen molar-refractivity contribution in [3.05, 3.63) is 64.3 Å². The van der Waals surface area contributed by atoms with E-state index in [1.165, 1.54) is 20.3 Å². The summed E-state index contributed by atoms with van der Waals surface area (Å²) in [6.07, 6.45) is 3.08. The van der Waals surface area contributed by atoms with Gasteiger partial charge >= 0.3 is 0 Å². The molecular weight excluding hydrogens is 352 g/mol. The van der Waals surface area contributed by atoms with Crippen LogP contribution in [0.5, 0.6) is 11.5 Å². The Bertz CT molecular complexity index is 1060. The van der Waals surface area contributed by atoms with Crippen molar-refractivity contribution in [3.63, 3.8) is 0 Å². The summed E-state index contributed by atoms with van der Waals surface area (Å²) in [5.74, 6) is 0.597. The molecule has 5 nitrogen and oxygen atoms in total. The number of allylic oxidation sites excluding steroid dienone is 1. The molecule has 1 aromatic heterocycles. The van der Waals surface area contributed by atoms with Gasteiger partial charge in [0.25, 0.3) is 0 Å². The summed E-state index contributed by atoms with van der Waals surface area (Å²) < 4.78 is 10.6. The number of benzene rings is 2. The summed E-state index contributed by atoms with van der Waals surface area (Å²) in [7, 11) is 3.03. The smallest absolute Gasteiger partial charge is 0.205 e. The van der Waals surface area contributed by atoms with E-state index in [0.29, 0.717) is 33.0 Å². The molecule has 3 rings (SSSR count). The molecule has 3 aromatic rings. The number of ether oxygens (including phenoxy) is 2. The van der Waals surface area contributed by atoms with Gasteiger partial charge in [0, 0.05) is 33.2 Å². The fraction of sp³-hybridized carbons (Fsp3) is 0.100. The molecule has 0 spiro atoms. The van der Waals surface area contributed by atoms with Crippen LogP contribution in [0.2, 0.25) is 5.02 Å². The van der Waals surface area contributed by atoms with E-state index in [0.717, 1.165) is 5.52 Å². The molecule has 2 aromatic carbocycles. The van der Waals surface area contributed by atoms with E-state index in [1.807, 2.05) is 6.07 Å². The van der Waals surface area contributed by atoms with Gasteiger partial charge in [-0.05, 0) is 24.3 Å². The Morgan fingerprint density at radius 1 is 1.23 bits per heavy atom. The Kier molecular flexibility index (Phi) is 4.97. The number of methoxy groups -OCH3 is 2. The molecule has 0 aliphatic carbocycles. The van der Waals surface area contributed by atoms with E-state index in [9.17, 15) is 10.1 Å². The molecule has 0 radical (unpaired) electrons. The van der Waals surface area contributed by atoms with Crippen LogP contribution < -0.4 is 9.47 Å². The maximum absolute atomic E-state index is 12.9. The first-order valence-corrected chi connectivity index (χ1v) is 8.11. The SMILES string of the molecule is COc1cccc(/C=C(\C#N)C(=O)c2c[nH]c3cc(Cl)ccc23)c1OC. The number of ketones is 1. The van der Waals surface area contributed by atoms with Crippen molar-refractivity contribution < 1.29 is 14.3 Å². The zero-order chi connectivity index (χ0) is 18.7. The second-order valence-corrected chi connectivity index (χ2v) is 5.91. The van der Waals surface area contributed by atoms with Crippen LogP contribution in [0.1, 0.15) is 15.9 Å². The molecule has 130 valence electrons. The number of rotatable bonds is 5. The topological polar surface area (TPSA) is 75.1 Å². The molecule has 0 saturated heterocycles. The van der Waals surface area contributed by atoms with Gasteiger partial charge in [-0.15, -0.1) is 0 Å². The van der Waals surface area contributed by atoms with Crippen molar-refractivity contribution in [2.45, 2.75) is 0 Å². The first-order valence-electron chi connectivity index (χ1n) is 7.73. The monoisotopic (exact) mass is 366 g/mol. The highest BCUT2D eigenvalue weighted by Crippen LogP contribution is 2.33. The van der Waals surface area contributed by atoms with Gasteiger partial charge < -0.3 is 14.5 Å². The predicted octanol–water partition coefficient (Wildman–Crippen LogP) is 4.63. The molecular formula is C20H15ClN2O3. The predicted molar refractivity (Wildman–Crippen MR) is 101 cm³/mol. The van der Waals surface area contributed by atoms with Crippen molar-refractivity contribution in [1.29, 1.82) is 5.26 Å². The van der Waals surface area contributed by atoms with Crippen molar-refractivity contribution in [3.8, 4) is 17.6 Å². The first-order chi connectivity index (χ1) is 12.6. The number of fused-ring (bicyclic) bond motifs is 1. The highest BCUT2D eigenvalue weighted by atomic mass is 35.5. The average molecular weight is 367 g/mol. The molecule has 1 N–H and O–H groups in total. The molecule has 26 heavy (non-hydrogen) atoms. The van der Waals surface area contributed by atoms with Crippen LogP contribution in [-0.2, 0) is 0 Å². The minimum atomic E-state index is -0.383. The number of Topliss-reactive ketones (excluding diaryl/α,β-unsaturated/α-hetero) is 1. The number of aromatic amines is 1. The number of hydrogen-bond donors (Lipinski definition) is 1. The third-order valence-corrected chi connectivity index (χ3v) is 4.22. The van der Waals surface area contributed by atoms with E-state index in [4.69, 9.17) is 21.1 Å². The lowest BCUT2D eigenvalue weighted by Crippen LogP contribution is -2.01. The number of nitriles is 1. The summed E-state index contributed by atoms with van der Waals surface area (Å²) >= 11 is 5.97. The van der Waals surface area contributed by atoms with E-state index >= 15 is 0 Å². The Morgan fingerprint density at radius 2 is 2.04 bits per heavy atom. The summed E-state index contributed by atoms with van der Waals surface area (Å²) in [5.41, 5.74) is 1.72. The number of carbonyl (C=O) groups excluding carboxylic acids is 1. The third kappa shape index (κ3) is 3.15. The molecule has 0 saturated carbocycles. The fourth-order valence-corrected chi connectivity index (χ4v) is 2.93. The van der Waals surface area contributed by atoms with Gasteiger partial charge in [0.1, 0.15) is 11.6 Å². The van der Waals surface area contributed by atoms with Gasteiger partial charge in [-0.25, -0.2) is 0 Å². The molecule has 0 atom stereocenters.